The highest BCUT2D eigenvalue weighted by atomic mass is 16.5. The Kier molecular flexibility index (Phi) is 7.17. The Morgan fingerprint density at radius 2 is 1.61 bits per heavy atom. The normalized spacial score (nSPS) is 11.3. The van der Waals surface area contributed by atoms with Gasteiger partial charge in [-0.25, -0.2) is 4.79 Å². The van der Waals surface area contributed by atoms with Gasteiger partial charge in [-0.3, -0.25) is 9.59 Å². The lowest BCUT2D eigenvalue weighted by molar-refractivity contribution is -0.123. The Morgan fingerprint density at radius 1 is 0.903 bits per heavy atom. The Morgan fingerprint density at radius 3 is 2.35 bits per heavy atom. The third-order valence-corrected chi connectivity index (χ3v) is 4.56. The molecule has 1 amide bonds. The first kappa shape index (κ1) is 21.8. The van der Waals surface area contributed by atoms with E-state index < -0.39 is 18.0 Å². The van der Waals surface area contributed by atoms with Crippen molar-refractivity contribution in [3.8, 4) is 5.75 Å². The minimum atomic E-state index is -1.03. The van der Waals surface area contributed by atoms with Crippen LogP contribution in [0.3, 0.4) is 0 Å². The van der Waals surface area contributed by atoms with Crippen LogP contribution in [-0.2, 0) is 16.1 Å². The van der Waals surface area contributed by atoms with Crippen LogP contribution in [-0.4, -0.2) is 23.8 Å². The fraction of sp³-hybridized carbons (Fsp3) is 0.160. The maximum Gasteiger partial charge on any atom is 0.339 e. The second-order valence-corrected chi connectivity index (χ2v) is 6.93. The van der Waals surface area contributed by atoms with Gasteiger partial charge in [0.25, 0.3) is 5.91 Å². The van der Waals surface area contributed by atoms with Crippen molar-refractivity contribution in [3.05, 3.63) is 95.6 Å². The topological polar surface area (TPSA) is 81.7 Å². The number of carbonyl (C=O) groups excluding carboxylic acids is 3. The molecular weight excluding hydrogens is 394 g/mol. The van der Waals surface area contributed by atoms with Crippen LogP contribution in [0, 0.1) is 0 Å². The van der Waals surface area contributed by atoms with Gasteiger partial charge in [0.05, 0.1) is 5.56 Å². The molecule has 6 heteroatoms. The zero-order valence-corrected chi connectivity index (χ0v) is 17.3. The molecule has 1 atom stereocenters. The Bertz CT molecular complexity index is 1080. The summed E-state index contributed by atoms with van der Waals surface area (Å²) in [5.74, 6) is -0.532. The lowest BCUT2D eigenvalue weighted by atomic mass is 10.1. The third kappa shape index (κ3) is 6.02. The number of ether oxygens (including phenoxy) is 2. The van der Waals surface area contributed by atoms with E-state index in [1.54, 1.807) is 48.5 Å². The molecule has 0 heterocycles. The number of hydrogen-bond acceptors (Lipinski definition) is 5. The van der Waals surface area contributed by atoms with Crippen molar-refractivity contribution in [1.82, 2.24) is 0 Å². The number of amides is 1. The van der Waals surface area contributed by atoms with Crippen molar-refractivity contribution in [2.24, 2.45) is 0 Å². The monoisotopic (exact) mass is 417 g/mol. The molecule has 0 aliphatic carbocycles. The van der Waals surface area contributed by atoms with Crippen LogP contribution < -0.4 is 10.1 Å². The van der Waals surface area contributed by atoms with Gasteiger partial charge in [-0.05, 0) is 44.2 Å². The lowest BCUT2D eigenvalue weighted by Crippen LogP contribution is -2.30. The molecule has 0 aromatic heterocycles. The molecule has 3 aromatic rings. The zero-order chi connectivity index (χ0) is 22.2. The van der Waals surface area contributed by atoms with Crippen molar-refractivity contribution in [2.75, 3.05) is 5.32 Å². The van der Waals surface area contributed by atoms with E-state index in [1.807, 2.05) is 30.3 Å². The lowest BCUT2D eigenvalue weighted by Gasteiger charge is -2.15. The van der Waals surface area contributed by atoms with Crippen LogP contribution in [0.15, 0.2) is 78.9 Å². The average Bonchev–Trinajstić information content (AvgIpc) is 2.78. The first-order valence-electron chi connectivity index (χ1n) is 9.82. The van der Waals surface area contributed by atoms with E-state index in [0.29, 0.717) is 28.1 Å². The van der Waals surface area contributed by atoms with Crippen LogP contribution in [0.4, 0.5) is 5.69 Å². The first-order chi connectivity index (χ1) is 14.9. The number of nitrogens with one attached hydrogen (secondary N) is 1. The van der Waals surface area contributed by atoms with E-state index in [1.165, 1.54) is 13.8 Å². The van der Waals surface area contributed by atoms with Crippen LogP contribution in [0.2, 0.25) is 0 Å². The van der Waals surface area contributed by atoms with Gasteiger partial charge in [-0.15, -0.1) is 0 Å². The fourth-order valence-electron chi connectivity index (χ4n) is 2.86. The maximum atomic E-state index is 12.7. The molecule has 0 saturated carbocycles. The number of carbonyl (C=O) groups is 3. The SMILES string of the molecule is CC(=O)c1cccc(NC(=O)[C@H](C)OC(=O)c2ccccc2COc2ccccc2)c1. The van der Waals surface area contributed by atoms with Crippen LogP contribution in [0.1, 0.15) is 40.1 Å². The van der Waals surface area contributed by atoms with E-state index in [-0.39, 0.29) is 12.4 Å². The molecule has 158 valence electrons. The van der Waals surface area contributed by atoms with E-state index in [4.69, 9.17) is 9.47 Å². The smallest absolute Gasteiger partial charge is 0.339 e. The Hall–Kier alpha value is -3.93. The van der Waals surface area contributed by atoms with Crippen molar-refractivity contribution >= 4 is 23.3 Å². The van der Waals surface area contributed by atoms with Crippen molar-refractivity contribution < 1.29 is 23.9 Å². The van der Waals surface area contributed by atoms with Crippen LogP contribution in [0.5, 0.6) is 5.75 Å². The summed E-state index contributed by atoms with van der Waals surface area (Å²) < 4.78 is 11.1. The highest BCUT2D eigenvalue weighted by molar-refractivity contribution is 5.99. The number of hydrogen-bond donors (Lipinski definition) is 1. The fourth-order valence-corrected chi connectivity index (χ4v) is 2.86. The summed E-state index contributed by atoms with van der Waals surface area (Å²) in [5, 5.41) is 2.66. The average molecular weight is 417 g/mol. The van der Waals surface area contributed by atoms with Gasteiger partial charge in [-0.1, -0.05) is 48.5 Å². The summed E-state index contributed by atoms with van der Waals surface area (Å²) >= 11 is 0. The Labute approximate surface area is 180 Å². The third-order valence-electron chi connectivity index (χ3n) is 4.56. The van der Waals surface area contributed by atoms with Gasteiger partial charge in [-0.2, -0.15) is 0 Å². The highest BCUT2D eigenvalue weighted by Gasteiger charge is 2.21. The van der Waals surface area contributed by atoms with E-state index in [9.17, 15) is 14.4 Å². The standard InChI is InChI=1S/C25H23NO5/c1-17(27)19-10-8-11-21(15-19)26-24(28)18(2)31-25(29)23-14-7-6-9-20(23)16-30-22-12-4-3-5-13-22/h3-15,18H,16H2,1-2H3,(H,26,28)/t18-/m0/s1. The minimum absolute atomic E-state index is 0.107. The number of ketones is 1. The number of para-hydroxylation sites is 1. The van der Waals surface area contributed by atoms with Crippen LogP contribution >= 0.6 is 0 Å². The van der Waals surface area contributed by atoms with E-state index in [0.717, 1.165) is 0 Å². The quantitative estimate of drug-likeness (QED) is 0.426. The second kappa shape index (κ2) is 10.2. The minimum Gasteiger partial charge on any atom is -0.489 e. The summed E-state index contributed by atoms with van der Waals surface area (Å²) in [5.41, 5.74) is 1.92. The molecule has 0 fully saturated rings. The summed E-state index contributed by atoms with van der Waals surface area (Å²) in [4.78, 5) is 36.6. The number of anilines is 1. The predicted octanol–water partition coefficient (Wildman–Crippen LogP) is 4.65. The second-order valence-electron chi connectivity index (χ2n) is 6.93. The number of benzene rings is 3. The number of Topliss-reactive ketones (excluding diaryl/α,β-unsaturated/α-hetero) is 1. The number of esters is 1. The van der Waals surface area contributed by atoms with Crippen LogP contribution in [0.25, 0.3) is 0 Å². The van der Waals surface area contributed by atoms with Gasteiger partial charge in [0.2, 0.25) is 0 Å². The molecule has 0 aliphatic rings. The molecule has 0 radical (unpaired) electrons. The molecule has 0 unspecified atom stereocenters. The van der Waals surface area contributed by atoms with Crippen molar-refractivity contribution in [3.63, 3.8) is 0 Å². The van der Waals surface area contributed by atoms with Gasteiger partial charge >= 0.3 is 5.97 Å². The molecule has 3 aromatic carbocycles. The predicted molar refractivity (Wildman–Crippen MR) is 117 cm³/mol. The molecule has 0 bridgehead atoms. The van der Waals surface area contributed by atoms with Gasteiger partial charge in [0.1, 0.15) is 12.4 Å². The molecule has 31 heavy (non-hydrogen) atoms. The molecule has 0 saturated heterocycles. The van der Waals surface area contributed by atoms with Gasteiger partial charge in [0, 0.05) is 16.8 Å². The molecular formula is C25H23NO5. The first-order valence-corrected chi connectivity index (χ1v) is 9.82. The summed E-state index contributed by atoms with van der Waals surface area (Å²) in [6.45, 7) is 3.13. The van der Waals surface area contributed by atoms with Gasteiger partial charge < -0.3 is 14.8 Å². The number of rotatable bonds is 8. The molecule has 0 aliphatic heterocycles. The molecule has 6 nitrogen and oxygen atoms in total. The summed E-state index contributed by atoms with van der Waals surface area (Å²) in [7, 11) is 0. The zero-order valence-electron chi connectivity index (χ0n) is 17.3. The Balaban J connectivity index is 1.63. The van der Waals surface area contributed by atoms with Crippen molar-refractivity contribution in [1.29, 1.82) is 0 Å². The van der Waals surface area contributed by atoms with E-state index in [2.05, 4.69) is 5.32 Å². The molecule has 1 N–H and O–H groups in total. The van der Waals surface area contributed by atoms with Gasteiger partial charge in [0.15, 0.2) is 11.9 Å². The highest BCUT2D eigenvalue weighted by Crippen LogP contribution is 2.17. The molecule has 0 spiro atoms. The maximum absolute atomic E-state index is 12.7. The van der Waals surface area contributed by atoms with E-state index >= 15 is 0 Å². The largest absolute Gasteiger partial charge is 0.489 e. The molecule has 3 rings (SSSR count). The summed E-state index contributed by atoms with van der Waals surface area (Å²) in [6.07, 6.45) is -1.03. The van der Waals surface area contributed by atoms with Crippen molar-refractivity contribution in [2.45, 2.75) is 26.6 Å². The summed E-state index contributed by atoms with van der Waals surface area (Å²) in [6, 6.07) is 22.8.